The molecule has 0 aromatic heterocycles. The quantitative estimate of drug-likeness (QED) is 0.783. The molecule has 0 radical (unpaired) electrons. The predicted octanol–water partition coefficient (Wildman–Crippen LogP) is 2.08. The van der Waals surface area contributed by atoms with Gasteiger partial charge in [-0.15, -0.1) is 0 Å². The molecule has 1 heterocycles. The fourth-order valence-electron chi connectivity index (χ4n) is 1.35. The van der Waals surface area contributed by atoms with Gasteiger partial charge in [-0.05, 0) is 40.8 Å². The number of aliphatic imine (C=N–C) groups is 1. The van der Waals surface area contributed by atoms with Crippen LogP contribution in [0.15, 0.2) is 23.2 Å². The molecule has 0 bridgehead atoms. The van der Waals surface area contributed by atoms with Crippen molar-refractivity contribution in [2.24, 2.45) is 4.99 Å². The molecule has 0 unspecified atom stereocenters. The van der Waals surface area contributed by atoms with Gasteiger partial charge in [0.25, 0.3) is 0 Å². The maximum absolute atomic E-state index is 5.40. The van der Waals surface area contributed by atoms with Gasteiger partial charge in [-0.3, -0.25) is 0 Å². The van der Waals surface area contributed by atoms with Crippen LogP contribution in [0.25, 0.3) is 0 Å². The van der Waals surface area contributed by atoms with Gasteiger partial charge < -0.3 is 9.47 Å². The second kappa shape index (κ2) is 4.16. The molecule has 3 nitrogen and oxygen atoms in total. The Hall–Kier alpha value is -0.780. The van der Waals surface area contributed by atoms with E-state index in [4.69, 9.17) is 9.47 Å². The highest BCUT2D eigenvalue weighted by molar-refractivity contribution is 14.1. The first-order chi connectivity index (χ1) is 6.81. The van der Waals surface area contributed by atoms with Crippen LogP contribution in [0.3, 0.4) is 0 Å². The summed E-state index contributed by atoms with van der Waals surface area (Å²) in [5, 5.41) is 0. The van der Waals surface area contributed by atoms with Gasteiger partial charge in [0.1, 0.15) is 12.4 Å². The van der Waals surface area contributed by atoms with E-state index in [0.717, 1.165) is 21.4 Å². The average Bonchev–Trinajstić information content (AvgIpc) is 2.70. The maximum Gasteiger partial charge on any atom is 0.220 e. The van der Waals surface area contributed by atoms with Crippen molar-refractivity contribution in [2.75, 3.05) is 20.3 Å². The summed E-state index contributed by atoms with van der Waals surface area (Å²) in [6, 6.07) is 5.95. The van der Waals surface area contributed by atoms with E-state index in [2.05, 4.69) is 27.6 Å². The Morgan fingerprint density at radius 1 is 1.50 bits per heavy atom. The van der Waals surface area contributed by atoms with Crippen molar-refractivity contribution in [1.29, 1.82) is 0 Å². The molecule has 0 atom stereocenters. The summed E-state index contributed by atoms with van der Waals surface area (Å²) in [6.45, 7) is 1.41. The van der Waals surface area contributed by atoms with Crippen molar-refractivity contribution in [1.82, 2.24) is 0 Å². The van der Waals surface area contributed by atoms with Crippen LogP contribution in [0.1, 0.15) is 5.56 Å². The Morgan fingerprint density at radius 3 is 3.00 bits per heavy atom. The Morgan fingerprint density at radius 2 is 2.36 bits per heavy atom. The van der Waals surface area contributed by atoms with Crippen LogP contribution in [0.4, 0.5) is 0 Å². The number of benzene rings is 1. The average molecular weight is 303 g/mol. The smallest absolute Gasteiger partial charge is 0.220 e. The van der Waals surface area contributed by atoms with Crippen molar-refractivity contribution in [2.45, 2.75) is 0 Å². The molecule has 0 saturated carbocycles. The van der Waals surface area contributed by atoms with Crippen LogP contribution in [0.2, 0.25) is 0 Å². The summed E-state index contributed by atoms with van der Waals surface area (Å²) in [6.07, 6.45) is 0. The second-order valence-corrected chi connectivity index (χ2v) is 4.13. The number of halogens is 1. The lowest BCUT2D eigenvalue weighted by Gasteiger charge is -2.08. The minimum atomic E-state index is 0.671. The number of ether oxygens (including phenoxy) is 2. The predicted molar refractivity (Wildman–Crippen MR) is 63.1 cm³/mol. The van der Waals surface area contributed by atoms with Crippen molar-refractivity contribution < 1.29 is 9.47 Å². The van der Waals surface area contributed by atoms with Crippen molar-refractivity contribution in [3.05, 3.63) is 27.3 Å². The number of rotatable bonds is 2. The van der Waals surface area contributed by atoms with Gasteiger partial charge in [0.2, 0.25) is 5.90 Å². The van der Waals surface area contributed by atoms with E-state index in [9.17, 15) is 0 Å². The summed E-state index contributed by atoms with van der Waals surface area (Å²) >= 11 is 2.26. The lowest BCUT2D eigenvalue weighted by molar-refractivity contribution is 0.345. The molecule has 4 heteroatoms. The topological polar surface area (TPSA) is 30.8 Å². The third kappa shape index (κ3) is 1.84. The molecule has 74 valence electrons. The number of hydrogen-bond acceptors (Lipinski definition) is 3. The molecule has 1 aliphatic rings. The van der Waals surface area contributed by atoms with Crippen LogP contribution < -0.4 is 4.74 Å². The fourth-order valence-corrected chi connectivity index (χ4v) is 1.84. The molecule has 0 fully saturated rings. The highest BCUT2D eigenvalue weighted by atomic mass is 127. The van der Waals surface area contributed by atoms with Crippen molar-refractivity contribution >= 4 is 28.5 Å². The van der Waals surface area contributed by atoms with E-state index in [1.807, 2.05) is 18.2 Å². The van der Waals surface area contributed by atoms with E-state index >= 15 is 0 Å². The Bertz CT molecular complexity index is 376. The summed E-state index contributed by atoms with van der Waals surface area (Å²) in [7, 11) is 1.65. The first-order valence-electron chi connectivity index (χ1n) is 4.32. The lowest BCUT2D eigenvalue weighted by atomic mass is 10.2. The van der Waals surface area contributed by atoms with Crippen LogP contribution in [-0.4, -0.2) is 26.2 Å². The minimum Gasteiger partial charge on any atom is -0.496 e. The van der Waals surface area contributed by atoms with Crippen molar-refractivity contribution in [3.8, 4) is 5.75 Å². The number of hydrogen-bond donors (Lipinski definition) is 0. The van der Waals surface area contributed by atoms with Crippen LogP contribution in [0.5, 0.6) is 5.75 Å². The molecule has 1 aliphatic heterocycles. The molecule has 0 aliphatic carbocycles. The van der Waals surface area contributed by atoms with E-state index in [1.54, 1.807) is 7.11 Å². The molecule has 1 aromatic rings. The Balaban J connectivity index is 2.43. The van der Waals surface area contributed by atoms with Crippen LogP contribution in [0, 0.1) is 3.57 Å². The van der Waals surface area contributed by atoms with Gasteiger partial charge in [0.15, 0.2) is 0 Å². The lowest BCUT2D eigenvalue weighted by Crippen LogP contribution is -2.04. The van der Waals surface area contributed by atoms with Gasteiger partial charge in [-0.2, -0.15) is 0 Å². The summed E-state index contributed by atoms with van der Waals surface area (Å²) < 4.78 is 11.8. The molecule has 0 amide bonds. The molecule has 1 aromatic carbocycles. The molecule has 0 N–H and O–H groups in total. The standard InChI is InChI=1S/C10H10INO2/c1-13-9-3-2-7(11)6-8(9)10-12-4-5-14-10/h2-3,6H,4-5H2,1H3. The van der Waals surface area contributed by atoms with E-state index in [-0.39, 0.29) is 0 Å². The zero-order chi connectivity index (χ0) is 9.97. The van der Waals surface area contributed by atoms with E-state index in [1.165, 1.54) is 0 Å². The Labute approximate surface area is 96.3 Å². The highest BCUT2D eigenvalue weighted by Gasteiger charge is 2.15. The monoisotopic (exact) mass is 303 g/mol. The molecular weight excluding hydrogens is 293 g/mol. The Kier molecular flexibility index (Phi) is 2.90. The van der Waals surface area contributed by atoms with E-state index < -0.39 is 0 Å². The van der Waals surface area contributed by atoms with Gasteiger partial charge >= 0.3 is 0 Å². The molecule has 14 heavy (non-hydrogen) atoms. The fraction of sp³-hybridized carbons (Fsp3) is 0.300. The van der Waals surface area contributed by atoms with Gasteiger partial charge in [-0.1, -0.05) is 0 Å². The zero-order valence-electron chi connectivity index (χ0n) is 7.79. The normalized spacial score (nSPS) is 14.9. The van der Waals surface area contributed by atoms with Crippen molar-refractivity contribution in [3.63, 3.8) is 0 Å². The largest absolute Gasteiger partial charge is 0.496 e. The highest BCUT2D eigenvalue weighted by Crippen LogP contribution is 2.23. The molecule has 2 rings (SSSR count). The third-order valence-corrected chi connectivity index (χ3v) is 2.65. The molecular formula is C10H10INO2. The first-order valence-corrected chi connectivity index (χ1v) is 5.40. The zero-order valence-corrected chi connectivity index (χ0v) is 9.95. The summed E-state index contributed by atoms with van der Waals surface area (Å²) in [5.74, 6) is 1.51. The van der Waals surface area contributed by atoms with Crippen LogP contribution >= 0.6 is 22.6 Å². The minimum absolute atomic E-state index is 0.671. The third-order valence-electron chi connectivity index (χ3n) is 1.98. The summed E-state index contributed by atoms with van der Waals surface area (Å²) in [5.41, 5.74) is 0.942. The van der Waals surface area contributed by atoms with Gasteiger partial charge in [-0.25, -0.2) is 4.99 Å². The molecule has 0 spiro atoms. The number of nitrogens with zero attached hydrogens (tertiary/aromatic N) is 1. The SMILES string of the molecule is COc1ccc(I)cc1C1=NCCO1. The first kappa shape index (κ1) is 9.76. The number of methoxy groups -OCH3 is 1. The van der Waals surface area contributed by atoms with Gasteiger partial charge in [0, 0.05) is 3.57 Å². The summed E-state index contributed by atoms with van der Waals surface area (Å²) in [4.78, 5) is 4.27. The van der Waals surface area contributed by atoms with E-state index in [0.29, 0.717) is 12.5 Å². The van der Waals surface area contributed by atoms with Crippen LogP contribution in [-0.2, 0) is 4.74 Å². The van der Waals surface area contributed by atoms with Gasteiger partial charge in [0.05, 0.1) is 19.2 Å². The molecule has 0 saturated heterocycles. The maximum atomic E-state index is 5.40. The second-order valence-electron chi connectivity index (χ2n) is 2.88.